The second kappa shape index (κ2) is 14.6. The van der Waals surface area contributed by atoms with Crippen LogP contribution >= 0.6 is 24.0 Å². The summed E-state index contributed by atoms with van der Waals surface area (Å²) in [5, 5.41) is 6.32. The fraction of sp³-hybridized carbons (Fsp3) is 0.941. The highest BCUT2D eigenvalue weighted by Crippen LogP contribution is 2.14. The maximum absolute atomic E-state index is 12.0. The van der Waals surface area contributed by atoms with E-state index in [-0.39, 0.29) is 30.6 Å². The van der Waals surface area contributed by atoms with Crippen molar-refractivity contribution in [2.45, 2.75) is 39.4 Å². The number of hydrogen-bond acceptors (Lipinski definition) is 4. The Hall–Kier alpha value is -0.330. The molecule has 1 rings (SSSR count). The lowest BCUT2D eigenvalue weighted by Crippen LogP contribution is -2.48. The molecule has 0 aromatic rings. The Balaban J connectivity index is 0.00000676. The highest BCUT2D eigenvalue weighted by atomic mass is 127. The molecule has 1 saturated heterocycles. The zero-order valence-corrected chi connectivity index (χ0v) is 18.8. The van der Waals surface area contributed by atoms with Gasteiger partial charge in [0.25, 0.3) is 0 Å². The maximum Gasteiger partial charge on any atom is 0.411 e. The molecule has 1 aliphatic heterocycles. The van der Waals surface area contributed by atoms with E-state index in [1.165, 1.54) is 0 Å². The Kier molecular flexibility index (Phi) is 14.5. The minimum atomic E-state index is -4.27. The van der Waals surface area contributed by atoms with Crippen LogP contribution in [-0.4, -0.2) is 82.2 Å². The summed E-state index contributed by atoms with van der Waals surface area (Å²) in [4.78, 5) is 7.07. The largest absolute Gasteiger partial charge is 0.411 e. The molecule has 0 aromatic carbocycles. The van der Waals surface area contributed by atoms with Crippen LogP contribution in [0, 0.1) is 5.92 Å². The van der Waals surface area contributed by atoms with E-state index in [1.807, 2.05) is 6.92 Å². The number of aliphatic imine (C=N–C) groups is 1. The number of ether oxygens (including phenoxy) is 2. The molecule has 0 spiro atoms. The van der Waals surface area contributed by atoms with Crippen LogP contribution in [0.15, 0.2) is 4.99 Å². The number of rotatable bonds is 10. The van der Waals surface area contributed by atoms with E-state index in [2.05, 4.69) is 39.1 Å². The molecular weight excluding hydrogens is 476 g/mol. The zero-order chi connectivity index (χ0) is 19.4. The van der Waals surface area contributed by atoms with Crippen molar-refractivity contribution >= 4 is 29.9 Å². The third-order valence-corrected chi connectivity index (χ3v) is 4.09. The van der Waals surface area contributed by atoms with Gasteiger partial charge in [0.15, 0.2) is 5.96 Å². The second-order valence-electron chi connectivity index (χ2n) is 6.63. The Morgan fingerprint density at radius 3 is 2.44 bits per heavy atom. The first-order chi connectivity index (χ1) is 12.3. The fourth-order valence-corrected chi connectivity index (χ4v) is 2.75. The number of guanidine groups is 1. The molecule has 10 heteroatoms. The molecular formula is C17H34F3IN4O2. The summed E-state index contributed by atoms with van der Waals surface area (Å²) >= 11 is 0. The molecule has 0 radical (unpaired) electrons. The summed E-state index contributed by atoms with van der Waals surface area (Å²) in [6, 6.07) is 0.337. The number of nitrogens with one attached hydrogen (secondary N) is 2. The van der Waals surface area contributed by atoms with Crippen LogP contribution in [0.2, 0.25) is 0 Å². The lowest BCUT2D eigenvalue weighted by Gasteiger charge is -2.36. The third-order valence-electron chi connectivity index (χ3n) is 4.09. The van der Waals surface area contributed by atoms with Crippen molar-refractivity contribution in [3.63, 3.8) is 0 Å². The summed E-state index contributed by atoms with van der Waals surface area (Å²) in [6.07, 6.45) is -3.78. The van der Waals surface area contributed by atoms with Crippen molar-refractivity contribution in [2.24, 2.45) is 10.9 Å². The molecule has 6 nitrogen and oxygen atoms in total. The highest BCUT2D eigenvalue weighted by molar-refractivity contribution is 14.0. The highest BCUT2D eigenvalue weighted by Gasteiger charge is 2.27. The van der Waals surface area contributed by atoms with Crippen LogP contribution in [0.25, 0.3) is 0 Å². The lowest BCUT2D eigenvalue weighted by molar-refractivity contribution is -0.173. The van der Waals surface area contributed by atoms with Crippen molar-refractivity contribution in [1.29, 1.82) is 0 Å². The predicted molar refractivity (Wildman–Crippen MR) is 112 cm³/mol. The number of alkyl halides is 3. The van der Waals surface area contributed by atoms with Crippen molar-refractivity contribution in [3.05, 3.63) is 0 Å². The first-order valence-corrected chi connectivity index (χ1v) is 9.32. The summed E-state index contributed by atoms with van der Waals surface area (Å²) in [6.45, 7) is 10.5. The molecule has 0 saturated carbocycles. The maximum atomic E-state index is 12.0. The first-order valence-electron chi connectivity index (χ1n) is 9.32. The monoisotopic (exact) mass is 510 g/mol. The Bertz CT molecular complexity index is 406. The molecule has 0 amide bonds. The van der Waals surface area contributed by atoms with Crippen LogP contribution in [0.3, 0.4) is 0 Å². The molecule has 0 aliphatic carbocycles. The predicted octanol–water partition coefficient (Wildman–Crippen LogP) is 2.49. The van der Waals surface area contributed by atoms with Crippen molar-refractivity contribution < 1.29 is 22.6 Å². The van der Waals surface area contributed by atoms with Crippen molar-refractivity contribution in [1.82, 2.24) is 15.5 Å². The van der Waals surface area contributed by atoms with Crippen molar-refractivity contribution in [2.75, 3.05) is 59.2 Å². The smallest absolute Gasteiger partial charge is 0.379 e. The molecule has 0 aromatic heterocycles. The minimum Gasteiger partial charge on any atom is -0.379 e. The molecule has 0 bridgehead atoms. The quantitative estimate of drug-likeness (QED) is 0.205. The van der Waals surface area contributed by atoms with Gasteiger partial charge in [-0.3, -0.25) is 9.89 Å². The van der Waals surface area contributed by atoms with Gasteiger partial charge in [0, 0.05) is 38.8 Å². The molecule has 162 valence electrons. The number of morpholine rings is 1. The van der Waals surface area contributed by atoms with Crippen LogP contribution in [0.1, 0.15) is 27.2 Å². The van der Waals surface area contributed by atoms with Gasteiger partial charge in [-0.2, -0.15) is 13.2 Å². The number of hydrogen-bond donors (Lipinski definition) is 2. The van der Waals surface area contributed by atoms with Crippen LogP contribution < -0.4 is 10.6 Å². The van der Waals surface area contributed by atoms with Gasteiger partial charge >= 0.3 is 6.18 Å². The number of nitrogens with zero attached hydrogens (tertiary/aromatic N) is 2. The topological polar surface area (TPSA) is 58.1 Å². The van der Waals surface area contributed by atoms with E-state index in [9.17, 15) is 13.2 Å². The molecule has 1 aliphatic rings. The third kappa shape index (κ3) is 12.7. The zero-order valence-electron chi connectivity index (χ0n) is 16.5. The van der Waals surface area contributed by atoms with Gasteiger partial charge in [-0.25, -0.2) is 0 Å². The van der Waals surface area contributed by atoms with E-state index >= 15 is 0 Å². The van der Waals surface area contributed by atoms with Crippen LogP contribution in [0.5, 0.6) is 0 Å². The van der Waals surface area contributed by atoms with E-state index in [0.717, 1.165) is 32.8 Å². The molecule has 27 heavy (non-hydrogen) atoms. The molecule has 1 atom stereocenters. The summed E-state index contributed by atoms with van der Waals surface area (Å²) in [5.74, 6) is 1.15. The van der Waals surface area contributed by atoms with Gasteiger partial charge in [-0.1, -0.05) is 13.8 Å². The summed E-state index contributed by atoms with van der Waals surface area (Å²) in [7, 11) is 0. The summed E-state index contributed by atoms with van der Waals surface area (Å²) in [5.41, 5.74) is 0. The molecule has 1 unspecified atom stereocenters. The van der Waals surface area contributed by atoms with E-state index < -0.39 is 12.8 Å². The van der Waals surface area contributed by atoms with Gasteiger partial charge in [0.05, 0.1) is 19.8 Å². The normalized spacial score (nSPS) is 17.5. The summed E-state index contributed by atoms with van der Waals surface area (Å²) < 4.78 is 46.0. The Labute approximate surface area is 177 Å². The Morgan fingerprint density at radius 2 is 1.89 bits per heavy atom. The van der Waals surface area contributed by atoms with Crippen molar-refractivity contribution in [3.8, 4) is 0 Å². The van der Waals surface area contributed by atoms with Crippen LogP contribution in [-0.2, 0) is 9.47 Å². The second-order valence-corrected chi connectivity index (χ2v) is 6.63. The minimum absolute atomic E-state index is 0. The standard InChI is InChI=1S/C17H33F3N4O2.HI/c1-4-21-16(22-6-5-9-26-13-17(18,19)20)23-12-15(14(2)3)24-7-10-25-11-8-24;/h14-15H,4-13H2,1-3H3,(H2,21,22,23);1H. The average Bonchev–Trinajstić information content (AvgIpc) is 2.57. The van der Waals surface area contributed by atoms with E-state index in [1.54, 1.807) is 0 Å². The number of halogens is 4. The average molecular weight is 510 g/mol. The molecule has 1 fully saturated rings. The fourth-order valence-electron chi connectivity index (χ4n) is 2.75. The SMILES string of the molecule is CCNC(=NCC(C(C)C)N1CCOCC1)NCCCOCC(F)(F)F.I. The van der Waals surface area contributed by atoms with Crippen LogP contribution in [0.4, 0.5) is 13.2 Å². The van der Waals surface area contributed by atoms with E-state index in [0.29, 0.717) is 37.4 Å². The van der Waals surface area contributed by atoms with E-state index in [4.69, 9.17) is 4.74 Å². The van der Waals surface area contributed by atoms with Gasteiger partial charge < -0.3 is 20.1 Å². The first kappa shape index (κ1) is 26.7. The van der Waals surface area contributed by atoms with Gasteiger partial charge in [-0.15, -0.1) is 24.0 Å². The molecule has 2 N–H and O–H groups in total. The Morgan fingerprint density at radius 1 is 1.22 bits per heavy atom. The van der Waals surface area contributed by atoms with Gasteiger partial charge in [0.2, 0.25) is 0 Å². The van der Waals surface area contributed by atoms with Gasteiger partial charge in [0.1, 0.15) is 6.61 Å². The molecule has 1 heterocycles. The lowest BCUT2D eigenvalue weighted by atomic mass is 10.0. The van der Waals surface area contributed by atoms with Gasteiger partial charge in [-0.05, 0) is 19.3 Å².